The van der Waals surface area contributed by atoms with E-state index in [2.05, 4.69) is 20.9 Å². The van der Waals surface area contributed by atoms with E-state index in [1.54, 1.807) is 23.1 Å². The Labute approximate surface area is 152 Å². The SMILES string of the molecule is CSCc1nc(CNC(=O)Nc2cc(F)cc3c2NC(=O)CC3)cs1. The number of amides is 3. The second-order valence-electron chi connectivity index (χ2n) is 5.51. The van der Waals surface area contributed by atoms with E-state index < -0.39 is 11.8 Å². The van der Waals surface area contributed by atoms with Crippen LogP contribution < -0.4 is 16.0 Å². The van der Waals surface area contributed by atoms with Crippen molar-refractivity contribution in [2.75, 3.05) is 16.9 Å². The van der Waals surface area contributed by atoms with Crippen LogP contribution in [0.5, 0.6) is 0 Å². The number of hydrogen-bond acceptors (Lipinski definition) is 5. The van der Waals surface area contributed by atoms with Gasteiger partial charge in [-0.2, -0.15) is 11.8 Å². The first-order valence-corrected chi connectivity index (χ1v) is 9.92. The third-order valence-corrected chi connectivity index (χ3v) is 5.26. The maximum absolute atomic E-state index is 13.7. The third-order valence-electron chi connectivity index (χ3n) is 3.62. The molecule has 0 unspecified atom stereocenters. The fourth-order valence-corrected chi connectivity index (χ4v) is 4.03. The molecule has 0 fully saturated rings. The number of halogens is 1. The first-order valence-electron chi connectivity index (χ1n) is 7.64. The Morgan fingerprint density at radius 1 is 1.44 bits per heavy atom. The molecule has 0 aliphatic carbocycles. The topological polar surface area (TPSA) is 83.1 Å². The van der Waals surface area contributed by atoms with Gasteiger partial charge in [-0.3, -0.25) is 4.79 Å². The lowest BCUT2D eigenvalue weighted by atomic mass is 10.0. The molecule has 3 rings (SSSR count). The number of carbonyl (C=O) groups excluding carboxylic acids is 2. The van der Waals surface area contributed by atoms with Crippen LogP contribution in [0.25, 0.3) is 0 Å². The van der Waals surface area contributed by atoms with E-state index in [9.17, 15) is 14.0 Å². The lowest BCUT2D eigenvalue weighted by molar-refractivity contribution is -0.116. The molecule has 0 spiro atoms. The van der Waals surface area contributed by atoms with Crippen LogP contribution >= 0.6 is 23.1 Å². The molecule has 1 aromatic heterocycles. The van der Waals surface area contributed by atoms with Gasteiger partial charge in [0.1, 0.15) is 10.8 Å². The van der Waals surface area contributed by atoms with Crippen LogP contribution in [-0.2, 0) is 23.5 Å². The van der Waals surface area contributed by atoms with E-state index in [4.69, 9.17) is 0 Å². The summed E-state index contributed by atoms with van der Waals surface area (Å²) in [5, 5.41) is 10.9. The number of anilines is 2. The molecular weight excluding hydrogens is 363 g/mol. The van der Waals surface area contributed by atoms with E-state index in [1.165, 1.54) is 12.1 Å². The summed E-state index contributed by atoms with van der Waals surface area (Å²) >= 11 is 3.24. The van der Waals surface area contributed by atoms with Crippen LogP contribution in [0.1, 0.15) is 22.7 Å². The second kappa shape index (κ2) is 7.83. The summed E-state index contributed by atoms with van der Waals surface area (Å²) < 4.78 is 13.7. The minimum absolute atomic E-state index is 0.147. The van der Waals surface area contributed by atoms with Gasteiger partial charge in [-0.15, -0.1) is 11.3 Å². The molecule has 0 saturated carbocycles. The van der Waals surface area contributed by atoms with Gasteiger partial charge in [-0.05, 0) is 30.4 Å². The molecule has 6 nitrogen and oxygen atoms in total. The Kier molecular flexibility index (Phi) is 5.54. The van der Waals surface area contributed by atoms with Crippen molar-refractivity contribution in [1.82, 2.24) is 10.3 Å². The molecule has 1 aromatic carbocycles. The lowest BCUT2D eigenvalue weighted by Crippen LogP contribution is -2.29. The van der Waals surface area contributed by atoms with Crippen molar-refractivity contribution >= 4 is 46.4 Å². The zero-order valence-electron chi connectivity index (χ0n) is 13.5. The zero-order chi connectivity index (χ0) is 17.8. The monoisotopic (exact) mass is 380 g/mol. The van der Waals surface area contributed by atoms with E-state index >= 15 is 0 Å². The number of aromatic nitrogens is 1. The summed E-state index contributed by atoms with van der Waals surface area (Å²) in [6.45, 7) is 0.278. The molecule has 3 N–H and O–H groups in total. The van der Waals surface area contributed by atoms with Crippen molar-refractivity contribution in [3.8, 4) is 0 Å². The highest BCUT2D eigenvalue weighted by molar-refractivity contribution is 7.97. The smallest absolute Gasteiger partial charge is 0.319 e. The lowest BCUT2D eigenvalue weighted by Gasteiger charge is -2.20. The molecule has 0 bridgehead atoms. The van der Waals surface area contributed by atoms with Crippen molar-refractivity contribution in [3.05, 3.63) is 39.6 Å². The number of urea groups is 1. The Morgan fingerprint density at radius 3 is 3.08 bits per heavy atom. The average Bonchev–Trinajstić information content (AvgIpc) is 3.01. The van der Waals surface area contributed by atoms with Gasteiger partial charge in [-0.1, -0.05) is 0 Å². The Bertz CT molecular complexity index is 809. The minimum Gasteiger partial charge on any atom is -0.332 e. The van der Waals surface area contributed by atoms with Gasteiger partial charge in [0.15, 0.2) is 0 Å². The van der Waals surface area contributed by atoms with Crippen LogP contribution in [0.4, 0.5) is 20.6 Å². The molecule has 3 amide bonds. The van der Waals surface area contributed by atoms with Crippen molar-refractivity contribution in [1.29, 1.82) is 0 Å². The molecule has 2 aromatic rings. The number of hydrogen-bond donors (Lipinski definition) is 3. The molecule has 132 valence electrons. The van der Waals surface area contributed by atoms with Gasteiger partial charge in [0, 0.05) is 17.6 Å². The number of carbonyl (C=O) groups is 2. The van der Waals surface area contributed by atoms with Crippen LogP contribution in [0.2, 0.25) is 0 Å². The number of fused-ring (bicyclic) bond motifs is 1. The maximum atomic E-state index is 13.7. The quantitative estimate of drug-likeness (QED) is 0.743. The van der Waals surface area contributed by atoms with Crippen LogP contribution in [0, 0.1) is 5.82 Å². The van der Waals surface area contributed by atoms with E-state index in [1.807, 2.05) is 11.6 Å². The second-order valence-corrected chi connectivity index (χ2v) is 7.32. The number of nitrogens with one attached hydrogen (secondary N) is 3. The highest BCUT2D eigenvalue weighted by Crippen LogP contribution is 2.31. The zero-order valence-corrected chi connectivity index (χ0v) is 15.2. The molecule has 25 heavy (non-hydrogen) atoms. The molecule has 9 heteroatoms. The van der Waals surface area contributed by atoms with Crippen molar-refractivity contribution in [2.24, 2.45) is 0 Å². The predicted octanol–water partition coefficient (Wildman–Crippen LogP) is 3.35. The summed E-state index contributed by atoms with van der Waals surface area (Å²) in [5.41, 5.74) is 2.17. The fraction of sp³-hybridized carbons (Fsp3) is 0.312. The van der Waals surface area contributed by atoms with Crippen LogP contribution in [0.3, 0.4) is 0 Å². The summed E-state index contributed by atoms with van der Waals surface area (Å²) in [6, 6.07) is 2.09. The molecule has 1 aliphatic heterocycles. The standard InChI is InChI=1S/C16H17FN4O2S2/c1-24-8-14-19-11(7-25-14)6-18-16(23)20-12-5-10(17)4-9-2-3-13(22)21-15(9)12/h4-5,7H,2-3,6,8H2,1H3,(H,21,22)(H2,18,20,23). The van der Waals surface area contributed by atoms with Crippen molar-refractivity contribution in [2.45, 2.75) is 25.1 Å². The molecule has 0 atom stereocenters. The molecule has 0 saturated heterocycles. The maximum Gasteiger partial charge on any atom is 0.319 e. The van der Waals surface area contributed by atoms with Crippen LogP contribution in [-0.4, -0.2) is 23.2 Å². The summed E-state index contributed by atoms with van der Waals surface area (Å²) in [7, 11) is 0. The van der Waals surface area contributed by atoms with Crippen LogP contribution in [0.15, 0.2) is 17.5 Å². The molecule has 2 heterocycles. The molecule has 0 radical (unpaired) electrons. The van der Waals surface area contributed by atoms with E-state index in [0.29, 0.717) is 24.1 Å². The van der Waals surface area contributed by atoms with Gasteiger partial charge in [-0.25, -0.2) is 14.2 Å². The third kappa shape index (κ3) is 4.49. The molecule has 1 aliphatic rings. The number of aryl methyl sites for hydroxylation is 1. The van der Waals surface area contributed by atoms with Gasteiger partial charge in [0.05, 0.1) is 23.6 Å². The number of nitrogens with zero attached hydrogens (tertiary/aromatic N) is 1. The van der Waals surface area contributed by atoms with E-state index in [-0.39, 0.29) is 18.1 Å². The fourth-order valence-electron chi connectivity index (χ4n) is 2.51. The first-order chi connectivity index (χ1) is 12.0. The Hall–Kier alpha value is -2.13. The Morgan fingerprint density at radius 2 is 2.28 bits per heavy atom. The highest BCUT2D eigenvalue weighted by atomic mass is 32.2. The number of thiazole rings is 1. The summed E-state index contributed by atoms with van der Waals surface area (Å²) in [4.78, 5) is 28.1. The van der Waals surface area contributed by atoms with Gasteiger partial charge in [0.25, 0.3) is 0 Å². The highest BCUT2D eigenvalue weighted by Gasteiger charge is 2.20. The summed E-state index contributed by atoms with van der Waals surface area (Å²) in [5.74, 6) is 0.240. The summed E-state index contributed by atoms with van der Waals surface area (Å²) in [6.07, 6.45) is 2.77. The number of benzene rings is 1. The average molecular weight is 380 g/mol. The Balaban J connectivity index is 1.64. The van der Waals surface area contributed by atoms with Gasteiger partial charge >= 0.3 is 6.03 Å². The minimum atomic E-state index is -0.480. The van der Waals surface area contributed by atoms with Gasteiger partial charge in [0.2, 0.25) is 5.91 Å². The molecular formula is C16H17FN4O2S2. The largest absolute Gasteiger partial charge is 0.332 e. The first kappa shape index (κ1) is 17.7. The van der Waals surface area contributed by atoms with Crippen molar-refractivity contribution < 1.29 is 14.0 Å². The number of rotatable bonds is 5. The van der Waals surface area contributed by atoms with Crippen molar-refractivity contribution in [3.63, 3.8) is 0 Å². The predicted molar refractivity (Wildman–Crippen MR) is 98.5 cm³/mol. The normalized spacial score (nSPS) is 13.1. The van der Waals surface area contributed by atoms with Gasteiger partial charge < -0.3 is 16.0 Å². The number of thioether (sulfide) groups is 1. The van der Waals surface area contributed by atoms with E-state index in [0.717, 1.165) is 16.5 Å².